The number of benzene rings is 1. The van der Waals surface area contributed by atoms with Crippen LogP contribution in [0.1, 0.15) is 50.7 Å². The van der Waals surface area contributed by atoms with Gasteiger partial charge in [-0.05, 0) is 23.0 Å². The zero-order valence-corrected chi connectivity index (χ0v) is 18.2. The molecule has 6 nitrogen and oxygen atoms in total. The van der Waals surface area contributed by atoms with Crippen LogP contribution in [0, 0.1) is 0 Å². The molecule has 0 spiro atoms. The van der Waals surface area contributed by atoms with Crippen molar-refractivity contribution in [2.45, 2.75) is 39.5 Å². The van der Waals surface area contributed by atoms with E-state index in [2.05, 4.69) is 56.2 Å². The molecular weight excluding hydrogens is 382 g/mol. The largest absolute Gasteiger partial charge is 0.301 e. The smallest absolute Gasteiger partial charge is 0.241 e. The van der Waals surface area contributed by atoms with Gasteiger partial charge in [0, 0.05) is 18.0 Å². The fourth-order valence-corrected chi connectivity index (χ4v) is 3.66. The molecule has 1 N–H and O–H groups in total. The van der Waals surface area contributed by atoms with E-state index in [1.54, 1.807) is 0 Å². The Morgan fingerprint density at radius 3 is 2.44 bits per heavy atom. The Balaban J connectivity index is 2.21. The molecule has 0 saturated heterocycles. The van der Waals surface area contributed by atoms with Gasteiger partial charge in [-0.1, -0.05) is 45.9 Å². The van der Waals surface area contributed by atoms with E-state index in [0.29, 0.717) is 17.0 Å². The SMILES string of the molecule is CC(C)c1ccc(-c2csc(NC(=O)CN(C)S(C)(=O)=O)n2)c(C(C)C)c1. The molecule has 0 saturated carbocycles. The Labute approximate surface area is 165 Å². The molecule has 2 aromatic rings. The fraction of sp³-hybridized carbons (Fsp3) is 0.474. The maximum atomic E-state index is 12.1. The number of hydrogen-bond acceptors (Lipinski definition) is 5. The molecule has 0 bridgehead atoms. The van der Waals surface area contributed by atoms with Crippen LogP contribution in [0.25, 0.3) is 11.3 Å². The minimum atomic E-state index is -3.40. The third-order valence-corrected chi connectivity index (χ3v) is 6.34. The third kappa shape index (κ3) is 5.60. The van der Waals surface area contributed by atoms with Crippen molar-refractivity contribution in [3.63, 3.8) is 0 Å². The average molecular weight is 410 g/mol. The summed E-state index contributed by atoms with van der Waals surface area (Å²) in [6.07, 6.45) is 1.07. The molecule has 0 aliphatic heterocycles. The van der Waals surface area contributed by atoms with Gasteiger partial charge in [-0.15, -0.1) is 11.3 Å². The number of carbonyl (C=O) groups excluding carboxylic acids is 1. The van der Waals surface area contributed by atoms with E-state index >= 15 is 0 Å². The highest BCUT2D eigenvalue weighted by Crippen LogP contribution is 2.33. The molecule has 0 aliphatic carbocycles. The summed E-state index contributed by atoms with van der Waals surface area (Å²) in [5, 5.41) is 5.04. The summed E-state index contributed by atoms with van der Waals surface area (Å²) in [5.41, 5.74) is 4.38. The lowest BCUT2D eigenvalue weighted by molar-refractivity contribution is -0.116. The Bertz CT molecular complexity index is 918. The molecule has 0 atom stereocenters. The summed E-state index contributed by atoms with van der Waals surface area (Å²) in [5.74, 6) is 0.388. The van der Waals surface area contributed by atoms with Crippen molar-refractivity contribution in [3.8, 4) is 11.3 Å². The van der Waals surface area contributed by atoms with E-state index in [1.165, 1.54) is 29.5 Å². The number of anilines is 1. The molecule has 1 aromatic carbocycles. The van der Waals surface area contributed by atoms with Gasteiger partial charge in [-0.25, -0.2) is 13.4 Å². The van der Waals surface area contributed by atoms with Gasteiger partial charge in [-0.2, -0.15) is 4.31 Å². The average Bonchev–Trinajstić information content (AvgIpc) is 3.01. The molecule has 148 valence electrons. The summed E-state index contributed by atoms with van der Waals surface area (Å²) in [6.45, 7) is 8.40. The summed E-state index contributed by atoms with van der Waals surface area (Å²) < 4.78 is 23.8. The van der Waals surface area contributed by atoms with Crippen LogP contribution in [0.2, 0.25) is 0 Å². The van der Waals surface area contributed by atoms with Gasteiger partial charge in [0.25, 0.3) is 0 Å². The first-order valence-electron chi connectivity index (χ1n) is 8.80. The molecule has 27 heavy (non-hydrogen) atoms. The number of likely N-dealkylation sites (N-methyl/N-ethyl adjacent to an activating group) is 1. The molecule has 1 amide bonds. The summed E-state index contributed by atoms with van der Waals surface area (Å²) in [6, 6.07) is 6.43. The van der Waals surface area contributed by atoms with E-state index in [1.807, 2.05) is 5.38 Å². The number of nitrogens with one attached hydrogen (secondary N) is 1. The van der Waals surface area contributed by atoms with Gasteiger partial charge in [0.15, 0.2) is 5.13 Å². The minimum absolute atomic E-state index is 0.242. The van der Waals surface area contributed by atoms with Gasteiger partial charge in [0.1, 0.15) is 0 Å². The van der Waals surface area contributed by atoms with Crippen LogP contribution < -0.4 is 5.32 Å². The highest BCUT2D eigenvalue weighted by atomic mass is 32.2. The number of thiazole rings is 1. The zero-order valence-electron chi connectivity index (χ0n) is 16.6. The summed E-state index contributed by atoms with van der Waals surface area (Å²) in [7, 11) is -2.03. The lowest BCUT2D eigenvalue weighted by atomic mass is 9.90. The summed E-state index contributed by atoms with van der Waals surface area (Å²) in [4.78, 5) is 16.6. The van der Waals surface area contributed by atoms with Crippen LogP contribution in [-0.4, -0.2) is 43.5 Å². The van der Waals surface area contributed by atoms with E-state index in [-0.39, 0.29) is 6.54 Å². The second-order valence-electron chi connectivity index (χ2n) is 7.26. The number of sulfonamides is 1. The number of nitrogens with zero attached hydrogens (tertiary/aromatic N) is 2. The molecule has 2 rings (SSSR count). The molecular formula is C19H27N3O3S2. The van der Waals surface area contributed by atoms with Gasteiger partial charge < -0.3 is 5.32 Å². The number of aromatic nitrogens is 1. The first kappa shape index (κ1) is 21.5. The van der Waals surface area contributed by atoms with E-state index in [0.717, 1.165) is 21.8 Å². The van der Waals surface area contributed by atoms with Crippen molar-refractivity contribution in [3.05, 3.63) is 34.7 Å². The Kier molecular flexibility index (Phi) is 6.77. The number of rotatable bonds is 7. The minimum Gasteiger partial charge on any atom is -0.301 e. The Morgan fingerprint density at radius 1 is 1.22 bits per heavy atom. The Morgan fingerprint density at radius 2 is 1.89 bits per heavy atom. The van der Waals surface area contributed by atoms with Crippen LogP contribution in [0.4, 0.5) is 5.13 Å². The van der Waals surface area contributed by atoms with Gasteiger partial charge >= 0.3 is 0 Å². The molecule has 0 fully saturated rings. The first-order chi connectivity index (χ1) is 12.5. The second kappa shape index (κ2) is 8.50. The van der Waals surface area contributed by atoms with Gasteiger partial charge in [0.2, 0.25) is 15.9 Å². The van der Waals surface area contributed by atoms with Crippen molar-refractivity contribution in [2.75, 3.05) is 25.2 Å². The molecule has 1 aromatic heterocycles. The van der Waals surface area contributed by atoms with Crippen LogP contribution >= 0.6 is 11.3 Å². The molecule has 1 heterocycles. The van der Waals surface area contributed by atoms with Crippen LogP contribution in [-0.2, 0) is 14.8 Å². The lowest BCUT2D eigenvalue weighted by Crippen LogP contribution is -2.34. The number of amides is 1. The molecule has 0 aliphatic rings. The Hall–Kier alpha value is -1.77. The van der Waals surface area contributed by atoms with E-state index in [9.17, 15) is 13.2 Å². The highest BCUT2D eigenvalue weighted by Gasteiger charge is 2.17. The zero-order chi connectivity index (χ0) is 20.4. The van der Waals surface area contributed by atoms with Crippen molar-refractivity contribution < 1.29 is 13.2 Å². The number of carbonyl (C=O) groups is 1. The van der Waals surface area contributed by atoms with Crippen LogP contribution in [0.3, 0.4) is 0 Å². The predicted molar refractivity (Wildman–Crippen MR) is 112 cm³/mol. The third-order valence-electron chi connectivity index (χ3n) is 4.32. The monoisotopic (exact) mass is 409 g/mol. The molecule has 0 unspecified atom stereocenters. The van der Waals surface area contributed by atoms with Crippen molar-refractivity contribution in [1.29, 1.82) is 0 Å². The normalized spacial score (nSPS) is 12.2. The number of hydrogen-bond donors (Lipinski definition) is 1. The maximum Gasteiger partial charge on any atom is 0.241 e. The van der Waals surface area contributed by atoms with Crippen molar-refractivity contribution >= 4 is 32.4 Å². The van der Waals surface area contributed by atoms with Gasteiger partial charge in [-0.3, -0.25) is 4.79 Å². The predicted octanol–water partition coefficient (Wildman–Crippen LogP) is 3.89. The van der Waals surface area contributed by atoms with Gasteiger partial charge in [0.05, 0.1) is 18.5 Å². The highest BCUT2D eigenvalue weighted by molar-refractivity contribution is 7.88. The lowest BCUT2D eigenvalue weighted by Gasteiger charge is -2.15. The first-order valence-corrected chi connectivity index (χ1v) is 11.5. The fourth-order valence-electron chi connectivity index (χ4n) is 2.58. The van der Waals surface area contributed by atoms with Crippen LogP contribution in [0.5, 0.6) is 0 Å². The van der Waals surface area contributed by atoms with Crippen LogP contribution in [0.15, 0.2) is 23.6 Å². The quantitative estimate of drug-likeness (QED) is 0.752. The van der Waals surface area contributed by atoms with E-state index in [4.69, 9.17) is 0 Å². The maximum absolute atomic E-state index is 12.1. The van der Waals surface area contributed by atoms with Crippen molar-refractivity contribution in [1.82, 2.24) is 9.29 Å². The topological polar surface area (TPSA) is 79.4 Å². The van der Waals surface area contributed by atoms with E-state index < -0.39 is 15.9 Å². The molecule has 0 radical (unpaired) electrons. The second-order valence-corrected chi connectivity index (χ2v) is 10.2. The van der Waals surface area contributed by atoms with Crippen molar-refractivity contribution in [2.24, 2.45) is 0 Å². The summed E-state index contributed by atoms with van der Waals surface area (Å²) >= 11 is 1.33. The molecule has 8 heteroatoms. The standard InChI is InChI=1S/C19H27N3O3S2/c1-12(2)14-7-8-15(16(9-14)13(3)4)17-11-26-19(20-17)21-18(23)10-22(5)27(6,24)25/h7-9,11-13H,10H2,1-6H3,(H,20,21,23).